The molecule has 0 aliphatic carbocycles. The molecule has 2 fully saturated rings. The van der Waals surface area contributed by atoms with E-state index in [1.54, 1.807) is 54.6 Å². The predicted molar refractivity (Wildman–Crippen MR) is 219 cm³/mol. The van der Waals surface area contributed by atoms with Crippen LogP contribution in [0.15, 0.2) is 85.5 Å². The quantitative estimate of drug-likeness (QED) is 0.118. The van der Waals surface area contributed by atoms with Crippen molar-refractivity contribution in [2.24, 2.45) is 0 Å². The van der Waals surface area contributed by atoms with Gasteiger partial charge in [0.2, 0.25) is 0 Å². The third-order valence-corrected chi connectivity index (χ3v) is 10.4. The van der Waals surface area contributed by atoms with Crippen molar-refractivity contribution < 1.29 is 37.3 Å². The number of rotatable bonds is 10. The first-order valence-corrected chi connectivity index (χ1v) is 19.1. The smallest absolute Gasteiger partial charge is 0.323 e. The van der Waals surface area contributed by atoms with E-state index in [0.717, 1.165) is 0 Å². The summed E-state index contributed by atoms with van der Waals surface area (Å²) in [7, 11) is 4.61. The molecule has 4 heterocycles. The number of fused-ring (bicyclic) bond motifs is 2. The molecule has 8 rings (SSSR count). The third kappa shape index (κ3) is 9.52. The van der Waals surface area contributed by atoms with E-state index in [-0.39, 0.29) is 57.7 Å². The zero-order chi connectivity index (χ0) is 41.6. The second kappa shape index (κ2) is 18.3. The van der Waals surface area contributed by atoms with Crippen molar-refractivity contribution in [2.45, 2.75) is 37.1 Å². The summed E-state index contributed by atoms with van der Waals surface area (Å²) in [5.74, 6) is 0.504. The molecule has 4 aromatic carbocycles. The van der Waals surface area contributed by atoms with Crippen LogP contribution in [0.3, 0.4) is 0 Å². The van der Waals surface area contributed by atoms with Gasteiger partial charge in [0.25, 0.3) is 0 Å². The lowest BCUT2D eigenvalue weighted by molar-refractivity contribution is -0.145. The molecule has 59 heavy (non-hydrogen) atoms. The fourth-order valence-corrected chi connectivity index (χ4v) is 7.17. The van der Waals surface area contributed by atoms with Crippen LogP contribution in [-0.2, 0) is 19.1 Å². The van der Waals surface area contributed by atoms with Gasteiger partial charge in [-0.1, -0.05) is 35.3 Å². The summed E-state index contributed by atoms with van der Waals surface area (Å²) in [6.45, 7) is 1.16. The first kappa shape index (κ1) is 41.2. The summed E-state index contributed by atoms with van der Waals surface area (Å²) < 4.78 is 50.1. The molecule has 2 aromatic heterocycles. The number of aromatic nitrogens is 4. The maximum atomic E-state index is 14.2. The molecular formula is C41H38Cl2F2N8O6. The van der Waals surface area contributed by atoms with Crippen LogP contribution in [0.5, 0.6) is 11.5 Å². The molecule has 2 aliphatic heterocycles. The molecule has 6 aromatic rings. The van der Waals surface area contributed by atoms with Crippen molar-refractivity contribution >= 4 is 80.0 Å². The highest BCUT2D eigenvalue weighted by atomic mass is 35.5. The number of likely N-dealkylation sites (tertiary alicyclic amines) is 1. The molecule has 0 spiro atoms. The summed E-state index contributed by atoms with van der Waals surface area (Å²) in [4.78, 5) is 42.4. The van der Waals surface area contributed by atoms with E-state index in [1.807, 2.05) is 18.0 Å². The van der Waals surface area contributed by atoms with Crippen molar-refractivity contribution in [3.8, 4) is 11.5 Å². The minimum atomic E-state index is -0.547. The van der Waals surface area contributed by atoms with Crippen molar-refractivity contribution in [3.05, 3.63) is 107 Å². The number of esters is 2. The van der Waals surface area contributed by atoms with Gasteiger partial charge in [-0.15, -0.1) is 0 Å². The summed E-state index contributed by atoms with van der Waals surface area (Å²) in [6.07, 6.45) is 3.56. The number of benzene rings is 4. The lowest BCUT2D eigenvalue weighted by atomic mass is 10.2. The highest BCUT2D eigenvalue weighted by molar-refractivity contribution is 6.31. The topological polar surface area (TPSA) is 162 Å². The number of nitrogens with zero attached hydrogens (tertiary/aromatic N) is 5. The zero-order valence-corrected chi connectivity index (χ0v) is 33.4. The van der Waals surface area contributed by atoms with Gasteiger partial charge in [0.15, 0.2) is 11.6 Å². The Morgan fingerprint density at radius 3 is 1.78 bits per heavy atom. The van der Waals surface area contributed by atoms with Crippen LogP contribution >= 0.6 is 23.2 Å². The third-order valence-electron chi connectivity index (χ3n) is 9.79. The predicted octanol–water partition coefficient (Wildman–Crippen LogP) is 7.24. The Balaban J connectivity index is 0.000000179. The Bertz CT molecular complexity index is 2500. The van der Waals surface area contributed by atoms with E-state index in [1.165, 1.54) is 39.0 Å². The molecule has 0 saturated carbocycles. The average Bonchev–Trinajstić information content (AvgIpc) is 3.86. The second-order valence-electron chi connectivity index (χ2n) is 13.7. The minimum Gasteiger partial charge on any atom is -0.489 e. The van der Waals surface area contributed by atoms with Crippen LogP contribution < -0.4 is 25.4 Å². The average molecular weight is 848 g/mol. The van der Waals surface area contributed by atoms with E-state index in [0.29, 0.717) is 70.9 Å². The molecule has 3 N–H and O–H groups in total. The molecule has 2 saturated heterocycles. The molecule has 18 heteroatoms. The molecule has 14 nitrogen and oxygen atoms in total. The molecule has 306 valence electrons. The summed E-state index contributed by atoms with van der Waals surface area (Å²) in [6, 6.07) is 19.5. The molecule has 2 aliphatic rings. The van der Waals surface area contributed by atoms with Crippen LogP contribution in [0.25, 0.3) is 21.8 Å². The Hall–Kier alpha value is -5.94. The lowest BCUT2D eigenvalue weighted by Crippen LogP contribution is -2.33. The Morgan fingerprint density at radius 2 is 1.25 bits per heavy atom. The number of likely N-dealkylation sites (N-methyl/N-ethyl adjacent to an activating group) is 1. The van der Waals surface area contributed by atoms with Crippen LogP contribution in [0, 0.1) is 11.6 Å². The lowest BCUT2D eigenvalue weighted by Gasteiger charge is -2.15. The number of methoxy groups -OCH3 is 2. The number of anilines is 4. The summed E-state index contributed by atoms with van der Waals surface area (Å²) in [5, 5.41) is 10.5. The van der Waals surface area contributed by atoms with Gasteiger partial charge in [-0.05, 0) is 55.6 Å². The van der Waals surface area contributed by atoms with E-state index in [2.05, 4.69) is 35.9 Å². The van der Waals surface area contributed by atoms with E-state index in [4.69, 9.17) is 42.1 Å². The van der Waals surface area contributed by atoms with Crippen LogP contribution in [0.1, 0.15) is 12.8 Å². The van der Waals surface area contributed by atoms with Crippen LogP contribution in [-0.4, -0.2) is 95.4 Å². The minimum absolute atomic E-state index is 0.0273. The first-order valence-electron chi connectivity index (χ1n) is 18.4. The number of hydrogen-bond acceptors (Lipinski definition) is 14. The first-order chi connectivity index (χ1) is 28.5. The highest BCUT2D eigenvalue weighted by Gasteiger charge is 2.36. The van der Waals surface area contributed by atoms with Gasteiger partial charge in [0.05, 0.1) is 46.7 Å². The van der Waals surface area contributed by atoms with Gasteiger partial charge in [-0.3, -0.25) is 14.5 Å². The van der Waals surface area contributed by atoms with E-state index in [9.17, 15) is 18.4 Å². The normalized spacial score (nSPS) is 18.8. The van der Waals surface area contributed by atoms with Crippen molar-refractivity contribution in [3.63, 3.8) is 0 Å². The number of ether oxygens (including phenoxy) is 4. The number of carbonyl (C=O) groups is 2. The second-order valence-corrected chi connectivity index (χ2v) is 14.5. The number of hydrogen-bond donors (Lipinski definition) is 3. The molecule has 0 amide bonds. The highest BCUT2D eigenvalue weighted by Crippen LogP contribution is 2.32. The fourth-order valence-electron chi connectivity index (χ4n) is 6.82. The fraction of sp³-hybridized carbons (Fsp3) is 0.268. The van der Waals surface area contributed by atoms with E-state index >= 15 is 0 Å². The summed E-state index contributed by atoms with van der Waals surface area (Å²) in [5.41, 5.74) is 1.73. The summed E-state index contributed by atoms with van der Waals surface area (Å²) >= 11 is 11.7. The van der Waals surface area contributed by atoms with Gasteiger partial charge in [0, 0.05) is 48.8 Å². The Kier molecular flexibility index (Phi) is 12.8. The van der Waals surface area contributed by atoms with Gasteiger partial charge in [-0.2, -0.15) is 0 Å². The monoisotopic (exact) mass is 846 g/mol. The van der Waals surface area contributed by atoms with E-state index < -0.39 is 11.6 Å². The number of nitrogens with one attached hydrogen (secondary N) is 3. The standard InChI is InChI=1S/C21H20ClFN4O3.C20H18ClFN4O3/c1-27-10-13(9-18(27)21(28)29-2)30-12-6-7-14-17(8-12)24-11-25-20(14)26-16-5-3-4-15(22)19(16)23;1-28-20(27)17-8-12(9-23-17)29-11-5-6-13-16(7-11)24-10-25-19(13)26-15-4-2-3-14(21)18(15)22/h3-8,11,13,18H,9-10H2,1-2H3,(H,24,25,26);2-7,10,12,17,23H,8-9H2,1H3,(H,24,25,26)/t13-,18-;12-,17-/m00/s1. The van der Waals surface area contributed by atoms with Gasteiger partial charge in [0.1, 0.15) is 60.1 Å². The van der Waals surface area contributed by atoms with Gasteiger partial charge >= 0.3 is 11.9 Å². The molecule has 0 unspecified atom stereocenters. The van der Waals surface area contributed by atoms with Crippen molar-refractivity contribution in [2.75, 3.05) is 45.0 Å². The van der Waals surface area contributed by atoms with Crippen molar-refractivity contribution in [1.82, 2.24) is 30.2 Å². The largest absolute Gasteiger partial charge is 0.489 e. The Labute approximate surface area is 347 Å². The molecule has 4 atom stereocenters. The van der Waals surface area contributed by atoms with Gasteiger partial charge < -0.3 is 34.9 Å². The van der Waals surface area contributed by atoms with Crippen molar-refractivity contribution in [1.29, 1.82) is 0 Å². The molecule has 0 bridgehead atoms. The number of carbonyl (C=O) groups excluding carboxylic acids is 2. The van der Waals surface area contributed by atoms with Crippen LogP contribution in [0.2, 0.25) is 10.0 Å². The molecule has 0 radical (unpaired) electrons. The SMILES string of the molecule is COC(=O)[C@@H]1C[C@H](Oc2ccc3c(Nc4cccc(Cl)c4F)ncnc3c2)CN1.COC(=O)[C@@H]1C[C@H](Oc2ccc3c(Nc4cccc(Cl)c4F)ncnc3c2)CN1C. The zero-order valence-electron chi connectivity index (χ0n) is 31.9. The number of halogens is 4. The van der Waals surface area contributed by atoms with Crippen LogP contribution in [0.4, 0.5) is 31.8 Å². The maximum absolute atomic E-state index is 14.2. The Morgan fingerprint density at radius 1 is 0.729 bits per heavy atom. The molecular weight excluding hydrogens is 809 g/mol. The van der Waals surface area contributed by atoms with Gasteiger partial charge in [-0.25, -0.2) is 28.7 Å². The maximum Gasteiger partial charge on any atom is 0.323 e.